The van der Waals surface area contributed by atoms with Crippen molar-refractivity contribution >= 4 is 40.7 Å². The molecule has 1 aliphatic heterocycles. The van der Waals surface area contributed by atoms with Gasteiger partial charge in [-0.1, -0.05) is 41.4 Å². The summed E-state index contributed by atoms with van der Waals surface area (Å²) < 4.78 is 5.31. The Morgan fingerprint density at radius 2 is 2.04 bits per heavy atom. The van der Waals surface area contributed by atoms with Gasteiger partial charge in [-0.25, -0.2) is 0 Å². The van der Waals surface area contributed by atoms with Gasteiger partial charge in [0.25, 0.3) is 0 Å². The van der Waals surface area contributed by atoms with Crippen molar-refractivity contribution in [2.45, 2.75) is 13.0 Å². The molecular weight excluding hydrogens is 375 g/mol. The quantitative estimate of drug-likeness (QED) is 0.844. The number of nitrogens with zero attached hydrogens (tertiary/aromatic N) is 1. The summed E-state index contributed by atoms with van der Waals surface area (Å²) in [5, 5.41) is 3.88. The minimum atomic E-state index is -0.418. The minimum Gasteiger partial charge on any atom is -0.495 e. The van der Waals surface area contributed by atoms with E-state index < -0.39 is 5.92 Å². The average molecular weight is 393 g/mol. The molecule has 1 N–H and O–H groups in total. The van der Waals surface area contributed by atoms with Crippen LogP contribution in [0.3, 0.4) is 0 Å². The van der Waals surface area contributed by atoms with Crippen LogP contribution in [0.25, 0.3) is 0 Å². The maximum absolute atomic E-state index is 12.5. The summed E-state index contributed by atoms with van der Waals surface area (Å²) in [5.74, 6) is -0.0886. The predicted molar refractivity (Wildman–Crippen MR) is 102 cm³/mol. The Balaban J connectivity index is 1.65. The van der Waals surface area contributed by atoms with E-state index in [0.717, 1.165) is 5.56 Å². The lowest BCUT2D eigenvalue weighted by atomic mass is 10.1. The number of methoxy groups -OCH3 is 1. The SMILES string of the molecule is COc1ccccc1N1C[C@@H](C(=O)NCc2ccc(Cl)cc2Cl)CC1=O. The van der Waals surface area contributed by atoms with Crippen molar-refractivity contribution in [3.05, 3.63) is 58.1 Å². The molecule has 0 spiro atoms. The number of carbonyl (C=O) groups excluding carboxylic acids is 2. The number of benzene rings is 2. The van der Waals surface area contributed by atoms with Crippen molar-refractivity contribution in [2.24, 2.45) is 5.92 Å². The van der Waals surface area contributed by atoms with Crippen LogP contribution in [0, 0.1) is 5.92 Å². The second-order valence-corrected chi connectivity index (χ2v) is 6.87. The fraction of sp³-hybridized carbons (Fsp3) is 0.263. The number of nitrogens with one attached hydrogen (secondary N) is 1. The minimum absolute atomic E-state index is 0.0980. The third kappa shape index (κ3) is 3.94. The Hall–Kier alpha value is -2.24. The molecule has 136 valence electrons. The van der Waals surface area contributed by atoms with Gasteiger partial charge in [-0.2, -0.15) is 0 Å². The van der Waals surface area contributed by atoms with Crippen LogP contribution in [0.15, 0.2) is 42.5 Å². The van der Waals surface area contributed by atoms with Gasteiger partial charge in [-0.15, -0.1) is 0 Å². The maximum atomic E-state index is 12.5. The average Bonchev–Trinajstić information content (AvgIpc) is 3.02. The fourth-order valence-electron chi connectivity index (χ4n) is 2.96. The molecule has 0 bridgehead atoms. The standard InChI is InChI=1S/C19H18Cl2N2O3/c1-26-17-5-3-2-4-16(17)23-11-13(8-18(23)24)19(25)22-10-12-6-7-14(20)9-15(12)21/h2-7,9,13H,8,10-11H2,1H3,(H,22,25)/t13-/m0/s1. The van der Waals surface area contributed by atoms with Gasteiger partial charge >= 0.3 is 0 Å². The van der Waals surface area contributed by atoms with E-state index in [9.17, 15) is 9.59 Å². The van der Waals surface area contributed by atoms with Crippen molar-refractivity contribution in [2.75, 3.05) is 18.6 Å². The first-order valence-corrected chi connectivity index (χ1v) is 8.90. The van der Waals surface area contributed by atoms with Crippen LogP contribution in [0.1, 0.15) is 12.0 Å². The number of hydrogen-bond acceptors (Lipinski definition) is 3. The second-order valence-electron chi connectivity index (χ2n) is 6.03. The number of ether oxygens (including phenoxy) is 1. The van der Waals surface area contributed by atoms with E-state index in [1.54, 1.807) is 36.3 Å². The summed E-state index contributed by atoms with van der Waals surface area (Å²) in [7, 11) is 1.55. The highest BCUT2D eigenvalue weighted by Crippen LogP contribution is 2.32. The molecule has 0 aliphatic carbocycles. The van der Waals surface area contributed by atoms with E-state index in [2.05, 4.69) is 5.32 Å². The molecule has 1 saturated heterocycles. The fourth-order valence-corrected chi connectivity index (χ4v) is 3.44. The van der Waals surface area contributed by atoms with Gasteiger partial charge in [-0.3, -0.25) is 9.59 Å². The molecular formula is C19H18Cl2N2O3. The van der Waals surface area contributed by atoms with Crippen molar-refractivity contribution in [1.29, 1.82) is 0 Å². The molecule has 2 aromatic carbocycles. The van der Waals surface area contributed by atoms with E-state index in [-0.39, 0.29) is 24.8 Å². The first-order valence-electron chi connectivity index (χ1n) is 8.14. The second kappa shape index (κ2) is 7.98. The lowest BCUT2D eigenvalue weighted by Gasteiger charge is -2.19. The molecule has 1 aliphatic rings. The number of halogens is 2. The third-order valence-electron chi connectivity index (χ3n) is 4.34. The zero-order chi connectivity index (χ0) is 18.7. The van der Waals surface area contributed by atoms with Crippen molar-refractivity contribution < 1.29 is 14.3 Å². The largest absolute Gasteiger partial charge is 0.495 e. The third-order valence-corrected chi connectivity index (χ3v) is 4.93. The van der Waals surface area contributed by atoms with Crippen LogP contribution in [-0.2, 0) is 16.1 Å². The molecule has 0 saturated carbocycles. The summed E-state index contributed by atoms with van der Waals surface area (Å²) >= 11 is 12.0. The van der Waals surface area contributed by atoms with Gasteiger partial charge in [0.1, 0.15) is 5.75 Å². The van der Waals surface area contributed by atoms with E-state index >= 15 is 0 Å². The zero-order valence-electron chi connectivity index (χ0n) is 14.2. The van der Waals surface area contributed by atoms with Gasteiger partial charge in [0.15, 0.2) is 0 Å². The van der Waals surface area contributed by atoms with E-state index in [0.29, 0.717) is 28.0 Å². The van der Waals surface area contributed by atoms with E-state index in [4.69, 9.17) is 27.9 Å². The number of rotatable bonds is 5. The highest BCUT2D eigenvalue weighted by atomic mass is 35.5. The van der Waals surface area contributed by atoms with Crippen molar-refractivity contribution in [1.82, 2.24) is 5.32 Å². The molecule has 1 atom stereocenters. The Bertz CT molecular complexity index is 841. The normalized spacial score (nSPS) is 16.7. The van der Waals surface area contributed by atoms with Crippen LogP contribution in [0.5, 0.6) is 5.75 Å². The summed E-state index contributed by atoms with van der Waals surface area (Å²) in [5.41, 5.74) is 1.45. The molecule has 3 rings (SSSR count). The number of anilines is 1. The van der Waals surface area contributed by atoms with Gasteiger partial charge in [-0.05, 0) is 29.8 Å². The van der Waals surface area contributed by atoms with E-state index in [1.165, 1.54) is 0 Å². The molecule has 1 heterocycles. The summed E-state index contributed by atoms with van der Waals surface area (Å²) in [6, 6.07) is 12.4. The molecule has 2 amide bonds. The molecule has 0 radical (unpaired) electrons. The Morgan fingerprint density at radius 1 is 1.27 bits per heavy atom. The molecule has 2 aromatic rings. The Kier molecular flexibility index (Phi) is 5.69. The lowest BCUT2D eigenvalue weighted by molar-refractivity contribution is -0.126. The highest BCUT2D eigenvalue weighted by molar-refractivity contribution is 6.35. The van der Waals surface area contributed by atoms with Gasteiger partial charge in [0.2, 0.25) is 11.8 Å². The molecule has 1 fully saturated rings. The smallest absolute Gasteiger partial charge is 0.227 e. The first kappa shape index (κ1) is 18.5. The van der Waals surface area contributed by atoms with Crippen LogP contribution in [0.4, 0.5) is 5.69 Å². The number of hydrogen-bond donors (Lipinski definition) is 1. The summed E-state index contributed by atoms with van der Waals surface area (Å²) in [4.78, 5) is 26.5. The van der Waals surface area contributed by atoms with Gasteiger partial charge < -0.3 is 15.0 Å². The van der Waals surface area contributed by atoms with E-state index in [1.807, 2.05) is 18.2 Å². The number of carbonyl (C=O) groups is 2. The van der Waals surface area contributed by atoms with Crippen LogP contribution >= 0.6 is 23.2 Å². The van der Waals surface area contributed by atoms with Crippen LogP contribution in [0.2, 0.25) is 10.0 Å². The Morgan fingerprint density at radius 3 is 2.77 bits per heavy atom. The van der Waals surface area contributed by atoms with Crippen LogP contribution in [-0.4, -0.2) is 25.5 Å². The molecule has 0 unspecified atom stereocenters. The van der Waals surface area contributed by atoms with Crippen molar-refractivity contribution in [3.63, 3.8) is 0 Å². The lowest BCUT2D eigenvalue weighted by Crippen LogP contribution is -2.32. The van der Waals surface area contributed by atoms with Gasteiger partial charge in [0.05, 0.1) is 18.7 Å². The number of para-hydroxylation sites is 2. The molecule has 26 heavy (non-hydrogen) atoms. The zero-order valence-corrected chi connectivity index (χ0v) is 15.7. The van der Waals surface area contributed by atoms with Gasteiger partial charge in [0, 0.05) is 29.6 Å². The summed E-state index contributed by atoms with van der Waals surface area (Å²) in [6.07, 6.45) is 0.165. The predicted octanol–water partition coefficient (Wildman–Crippen LogP) is 3.67. The summed E-state index contributed by atoms with van der Waals surface area (Å²) in [6.45, 7) is 0.605. The first-order chi connectivity index (χ1) is 12.5. The number of amides is 2. The van der Waals surface area contributed by atoms with Crippen molar-refractivity contribution in [3.8, 4) is 5.75 Å². The molecule has 5 nitrogen and oxygen atoms in total. The maximum Gasteiger partial charge on any atom is 0.227 e. The highest BCUT2D eigenvalue weighted by Gasteiger charge is 2.36. The molecule has 0 aromatic heterocycles. The topological polar surface area (TPSA) is 58.6 Å². The van der Waals surface area contributed by atoms with Crippen LogP contribution < -0.4 is 15.0 Å². The molecule has 7 heteroatoms. The Labute approximate surface area is 161 Å². The monoisotopic (exact) mass is 392 g/mol.